The van der Waals surface area contributed by atoms with Crippen molar-refractivity contribution < 1.29 is 31.9 Å². The van der Waals surface area contributed by atoms with E-state index in [1.165, 1.54) is 36.4 Å². The third kappa shape index (κ3) is 7.07. The maximum Gasteiger partial charge on any atom is 0.270 e. The molecule has 0 bridgehead atoms. The number of hydrogen-bond donors (Lipinski definition) is 1. The van der Waals surface area contributed by atoms with Crippen LogP contribution in [0.3, 0.4) is 0 Å². The van der Waals surface area contributed by atoms with Crippen LogP contribution in [0.4, 0.5) is 4.39 Å². The molecule has 1 aromatic heterocycles. The van der Waals surface area contributed by atoms with Gasteiger partial charge in [0, 0.05) is 18.1 Å². The zero-order valence-electron chi connectivity index (χ0n) is 23.4. The van der Waals surface area contributed by atoms with E-state index < -0.39 is 32.4 Å². The Kier molecular flexibility index (Phi) is 8.72. The molecule has 0 spiro atoms. The molecule has 1 aliphatic carbocycles. The summed E-state index contributed by atoms with van der Waals surface area (Å²) in [4.78, 5) is 29.5. The quantitative estimate of drug-likeness (QED) is 0.326. The van der Waals surface area contributed by atoms with Gasteiger partial charge < -0.3 is 9.47 Å². The molecule has 0 saturated carbocycles. The van der Waals surface area contributed by atoms with Gasteiger partial charge in [-0.1, -0.05) is 43.7 Å². The number of carbonyl (C=O) groups is 2. The highest BCUT2D eigenvalue weighted by molar-refractivity contribution is 7.95. The van der Waals surface area contributed by atoms with Gasteiger partial charge >= 0.3 is 0 Å². The molecule has 41 heavy (non-hydrogen) atoms. The molecule has 1 amide bonds. The average Bonchev–Trinajstić information content (AvgIpc) is 2.89. The largest absolute Gasteiger partial charge is 0.493 e. The molecule has 1 heterocycles. The minimum atomic E-state index is -4.47. The lowest BCUT2D eigenvalue weighted by atomic mass is 10.1. The van der Waals surface area contributed by atoms with Gasteiger partial charge in [0.2, 0.25) is 5.88 Å². The Morgan fingerprint density at radius 3 is 2.44 bits per heavy atom. The highest BCUT2D eigenvalue weighted by atomic mass is 32.2. The van der Waals surface area contributed by atoms with Crippen LogP contribution in [-0.2, 0) is 14.8 Å². The Labute approximate surface area is 239 Å². The highest BCUT2D eigenvalue weighted by Gasteiger charge is 2.29. The van der Waals surface area contributed by atoms with Crippen molar-refractivity contribution in [1.29, 1.82) is 0 Å². The molecule has 0 atom stereocenters. The summed E-state index contributed by atoms with van der Waals surface area (Å²) in [5, 5.41) is 0. The highest BCUT2D eigenvalue weighted by Crippen LogP contribution is 2.33. The number of rotatable bonds is 9. The van der Waals surface area contributed by atoms with Crippen LogP contribution in [0.15, 0.2) is 65.6 Å². The molecule has 0 aliphatic heterocycles. The first kappa shape index (κ1) is 29.7. The number of nitrogens with one attached hydrogen (secondary N) is 1. The van der Waals surface area contributed by atoms with Gasteiger partial charge in [0.15, 0.2) is 5.78 Å². The van der Waals surface area contributed by atoms with Gasteiger partial charge in [-0.3, -0.25) is 9.59 Å². The van der Waals surface area contributed by atoms with Gasteiger partial charge in [-0.05, 0) is 68.2 Å². The predicted molar refractivity (Wildman–Crippen MR) is 154 cm³/mol. The molecule has 0 saturated heterocycles. The monoisotopic (exact) mass is 578 g/mol. The summed E-state index contributed by atoms with van der Waals surface area (Å²) in [6, 6.07) is 10.8. The van der Waals surface area contributed by atoms with Crippen molar-refractivity contribution in [3.8, 4) is 28.6 Å². The van der Waals surface area contributed by atoms with Gasteiger partial charge in [-0.15, -0.1) is 0 Å². The first-order valence-corrected chi connectivity index (χ1v) is 14.5. The zero-order chi connectivity index (χ0) is 29.9. The number of sulfonamides is 1. The van der Waals surface area contributed by atoms with E-state index >= 15 is 0 Å². The number of nitrogens with zero attached hydrogens (tertiary/aromatic N) is 1. The second kappa shape index (κ2) is 12.1. The van der Waals surface area contributed by atoms with Crippen LogP contribution < -0.4 is 14.2 Å². The maximum atomic E-state index is 14.5. The van der Waals surface area contributed by atoms with Gasteiger partial charge in [0.05, 0.1) is 12.3 Å². The Morgan fingerprint density at radius 2 is 1.78 bits per heavy atom. The number of ether oxygens (including phenoxy) is 2. The molecular formula is C31H31FN2O6S. The molecular weight excluding hydrogens is 547 g/mol. The summed E-state index contributed by atoms with van der Waals surface area (Å²) < 4.78 is 54.1. The fourth-order valence-electron chi connectivity index (χ4n) is 4.33. The smallest absolute Gasteiger partial charge is 0.270 e. The van der Waals surface area contributed by atoms with Crippen LogP contribution in [0.2, 0.25) is 0 Å². The number of allylic oxidation sites excluding steroid dienone is 4. The minimum Gasteiger partial charge on any atom is -0.493 e. The predicted octanol–water partition coefficient (Wildman–Crippen LogP) is 6.11. The molecule has 0 unspecified atom stereocenters. The standard InChI is InChI=1S/C31H31FN2O6S/c1-18(2)17-39-24-15-22(14-23(32)16-24)26-11-10-25(30(36)34-41(37,38)28-9-7-6-8-27(28)35)31(33-26)40-29-20(4)12-19(3)13-21(29)5/h6-7,9-16,18H,8,17H2,1-5H3,(H,34,36). The molecule has 214 valence electrons. The number of Topliss-reactive ketones (excluding diaryl/α,β-unsaturated/α-hetero) is 1. The molecule has 0 radical (unpaired) electrons. The second-order valence-electron chi connectivity index (χ2n) is 10.3. The maximum absolute atomic E-state index is 14.5. The lowest BCUT2D eigenvalue weighted by Gasteiger charge is -2.17. The Bertz CT molecular complexity index is 1670. The Morgan fingerprint density at radius 1 is 1.07 bits per heavy atom. The van der Waals surface area contributed by atoms with E-state index in [0.29, 0.717) is 23.7 Å². The summed E-state index contributed by atoms with van der Waals surface area (Å²) >= 11 is 0. The molecule has 10 heteroatoms. The van der Waals surface area contributed by atoms with Crippen molar-refractivity contribution in [2.75, 3.05) is 6.61 Å². The van der Waals surface area contributed by atoms with Crippen molar-refractivity contribution in [3.63, 3.8) is 0 Å². The van der Waals surface area contributed by atoms with E-state index in [4.69, 9.17) is 9.47 Å². The van der Waals surface area contributed by atoms with Gasteiger partial charge in [0.1, 0.15) is 27.8 Å². The van der Waals surface area contributed by atoms with Crippen LogP contribution in [0.25, 0.3) is 11.3 Å². The fourth-order valence-corrected chi connectivity index (χ4v) is 5.43. The van der Waals surface area contributed by atoms with Gasteiger partial charge in [-0.2, -0.15) is 0 Å². The van der Waals surface area contributed by atoms with Crippen molar-refractivity contribution in [2.45, 2.75) is 41.0 Å². The van der Waals surface area contributed by atoms with E-state index in [1.54, 1.807) is 6.07 Å². The zero-order valence-corrected chi connectivity index (χ0v) is 24.3. The average molecular weight is 579 g/mol. The first-order chi connectivity index (χ1) is 19.3. The minimum absolute atomic E-state index is 0.0893. The molecule has 1 aliphatic rings. The van der Waals surface area contributed by atoms with Crippen LogP contribution in [0, 0.1) is 32.5 Å². The fraction of sp³-hybridized carbons (Fsp3) is 0.258. The normalized spacial score (nSPS) is 13.2. The summed E-state index contributed by atoms with van der Waals surface area (Å²) in [7, 11) is -4.47. The van der Waals surface area contributed by atoms with E-state index in [-0.39, 0.29) is 29.5 Å². The summed E-state index contributed by atoms with van der Waals surface area (Å²) in [6.07, 6.45) is 4.01. The number of amides is 1. The molecule has 4 rings (SSSR count). The number of benzene rings is 2. The Hall–Kier alpha value is -4.31. The number of halogens is 1. The van der Waals surface area contributed by atoms with Crippen molar-refractivity contribution in [2.24, 2.45) is 5.92 Å². The van der Waals surface area contributed by atoms with E-state index in [0.717, 1.165) is 22.8 Å². The van der Waals surface area contributed by atoms with Crippen LogP contribution >= 0.6 is 0 Å². The van der Waals surface area contributed by atoms with Crippen LogP contribution in [0.1, 0.15) is 47.3 Å². The molecule has 1 N–H and O–H groups in total. The molecule has 8 nitrogen and oxygen atoms in total. The molecule has 2 aromatic carbocycles. The van der Waals surface area contributed by atoms with Crippen molar-refractivity contribution in [3.05, 3.63) is 93.7 Å². The lowest BCUT2D eigenvalue weighted by molar-refractivity contribution is -0.114. The number of carbonyl (C=O) groups excluding carboxylic acids is 2. The number of pyridine rings is 1. The summed E-state index contributed by atoms with van der Waals surface area (Å²) in [5.41, 5.74) is 3.00. The van der Waals surface area contributed by atoms with Crippen LogP contribution in [0.5, 0.6) is 17.4 Å². The summed E-state index contributed by atoms with van der Waals surface area (Å²) in [5.74, 6) is -1.42. The SMILES string of the molecule is Cc1cc(C)c(Oc2nc(-c3cc(F)cc(OCC(C)C)c3)ccc2C(=O)NS(=O)(=O)C2=CC=CCC2=O)c(C)c1. The Balaban J connectivity index is 1.78. The first-order valence-electron chi connectivity index (χ1n) is 13.0. The number of hydrogen-bond acceptors (Lipinski definition) is 7. The van der Waals surface area contributed by atoms with E-state index in [2.05, 4.69) is 4.98 Å². The number of aryl methyl sites for hydroxylation is 3. The number of ketones is 1. The van der Waals surface area contributed by atoms with Crippen LogP contribution in [-0.4, -0.2) is 31.7 Å². The van der Waals surface area contributed by atoms with Gasteiger partial charge in [0.25, 0.3) is 15.9 Å². The third-order valence-corrected chi connectivity index (χ3v) is 7.53. The molecule has 3 aromatic rings. The second-order valence-corrected chi connectivity index (χ2v) is 11.9. The lowest BCUT2D eigenvalue weighted by Crippen LogP contribution is -2.34. The summed E-state index contributed by atoms with van der Waals surface area (Å²) in [6.45, 7) is 9.94. The van der Waals surface area contributed by atoms with E-state index in [1.807, 2.05) is 51.5 Å². The van der Waals surface area contributed by atoms with Crippen molar-refractivity contribution in [1.82, 2.24) is 9.71 Å². The molecule has 0 fully saturated rings. The third-order valence-electron chi connectivity index (χ3n) is 6.14. The van der Waals surface area contributed by atoms with E-state index in [9.17, 15) is 22.4 Å². The topological polar surface area (TPSA) is 112 Å². The van der Waals surface area contributed by atoms with Gasteiger partial charge in [-0.25, -0.2) is 22.5 Å². The van der Waals surface area contributed by atoms with Crippen molar-refractivity contribution >= 4 is 21.7 Å². The number of aromatic nitrogens is 1.